The van der Waals surface area contributed by atoms with Gasteiger partial charge in [0.15, 0.2) is 5.13 Å². The number of nitrogens with one attached hydrogen (secondary N) is 2. The molecule has 112 valence electrons. The van der Waals surface area contributed by atoms with E-state index in [-0.39, 0.29) is 0 Å². The van der Waals surface area contributed by atoms with Gasteiger partial charge in [0.05, 0.1) is 11.9 Å². The second-order valence-electron chi connectivity index (χ2n) is 5.31. The molecule has 0 amide bonds. The van der Waals surface area contributed by atoms with E-state index >= 15 is 0 Å². The molecule has 0 radical (unpaired) electrons. The minimum atomic E-state index is -0.763. The predicted octanol–water partition coefficient (Wildman–Crippen LogP) is 2.33. The molecular formula is C14H18N4O2S. The quantitative estimate of drug-likeness (QED) is 0.713. The zero-order valence-corrected chi connectivity index (χ0v) is 12.7. The summed E-state index contributed by atoms with van der Waals surface area (Å²) in [5, 5.41) is 20.2. The van der Waals surface area contributed by atoms with Gasteiger partial charge in [-0.3, -0.25) is 9.89 Å². The molecular weight excluding hydrogens is 288 g/mol. The fourth-order valence-corrected chi connectivity index (χ4v) is 3.71. The summed E-state index contributed by atoms with van der Waals surface area (Å²) < 4.78 is 0. The first-order chi connectivity index (χ1) is 10.1. The zero-order valence-electron chi connectivity index (χ0n) is 11.8. The van der Waals surface area contributed by atoms with Crippen LogP contribution in [0.3, 0.4) is 0 Å². The maximum atomic E-state index is 11.1. The van der Waals surface area contributed by atoms with E-state index < -0.39 is 11.9 Å². The Morgan fingerprint density at radius 2 is 2.48 bits per heavy atom. The van der Waals surface area contributed by atoms with Gasteiger partial charge in [0.25, 0.3) is 0 Å². The lowest BCUT2D eigenvalue weighted by Gasteiger charge is -2.04. The van der Waals surface area contributed by atoms with Gasteiger partial charge in [-0.15, -0.1) is 11.3 Å². The molecule has 7 heteroatoms. The van der Waals surface area contributed by atoms with Crippen LogP contribution in [0.5, 0.6) is 0 Å². The van der Waals surface area contributed by atoms with E-state index in [4.69, 9.17) is 5.11 Å². The van der Waals surface area contributed by atoms with Crippen LogP contribution in [-0.4, -0.2) is 32.8 Å². The summed E-state index contributed by atoms with van der Waals surface area (Å²) in [6, 6.07) is 0. The van der Waals surface area contributed by atoms with E-state index in [9.17, 15) is 4.79 Å². The maximum Gasteiger partial charge on any atom is 0.312 e. The lowest BCUT2D eigenvalue weighted by atomic mass is 10.1. The van der Waals surface area contributed by atoms with Crippen molar-refractivity contribution in [1.82, 2.24) is 15.2 Å². The molecule has 6 nitrogen and oxygen atoms in total. The van der Waals surface area contributed by atoms with Crippen LogP contribution in [0.25, 0.3) is 0 Å². The second-order valence-corrected chi connectivity index (χ2v) is 6.39. The van der Waals surface area contributed by atoms with Crippen LogP contribution in [0.4, 0.5) is 5.13 Å². The summed E-state index contributed by atoms with van der Waals surface area (Å²) in [6.45, 7) is 2.85. The molecule has 0 spiro atoms. The SMILES string of the molecule is Cc1[nH]ncc1CCCNc1nc2c(s1)CCC2C(=O)O. The number of carboxylic acids is 1. The highest BCUT2D eigenvalue weighted by Crippen LogP contribution is 2.38. The number of hydrogen-bond acceptors (Lipinski definition) is 5. The highest BCUT2D eigenvalue weighted by Gasteiger charge is 2.32. The molecule has 0 saturated carbocycles. The first-order valence-electron chi connectivity index (χ1n) is 7.10. The molecule has 0 aromatic carbocycles. The largest absolute Gasteiger partial charge is 0.481 e. The average Bonchev–Trinajstić information content (AvgIpc) is 3.10. The molecule has 0 aliphatic heterocycles. The number of carbonyl (C=O) groups is 1. The fraction of sp³-hybridized carbons (Fsp3) is 0.500. The molecule has 0 saturated heterocycles. The molecule has 0 fully saturated rings. The van der Waals surface area contributed by atoms with Crippen LogP contribution in [0.2, 0.25) is 0 Å². The first kappa shape index (κ1) is 14.1. The Morgan fingerprint density at radius 3 is 3.19 bits per heavy atom. The van der Waals surface area contributed by atoms with Crippen LogP contribution < -0.4 is 5.32 Å². The maximum absolute atomic E-state index is 11.1. The topological polar surface area (TPSA) is 90.9 Å². The van der Waals surface area contributed by atoms with Gasteiger partial charge in [0.2, 0.25) is 0 Å². The number of nitrogens with zero attached hydrogens (tertiary/aromatic N) is 2. The van der Waals surface area contributed by atoms with Gasteiger partial charge in [-0.25, -0.2) is 4.98 Å². The number of thiazole rings is 1. The molecule has 2 aromatic rings. The minimum Gasteiger partial charge on any atom is -0.481 e. The van der Waals surface area contributed by atoms with Gasteiger partial charge in [0, 0.05) is 17.1 Å². The molecule has 1 aliphatic rings. The number of aromatic amines is 1. The lowest BCUT2D eigenvalue weighted by molar-refractivity contribution is -0.138. The average molecular weight is 306 g/mol. The fourth-order valence-electron chi connectivity index (χ4n) is 2.64. The van der Waals surface area contributed by atoms with E-state index in [0.717, 1.165) is 47.2 Å². The van der Waals surface area contributed by atoms with Crippen molar-refractivity contribution >= 4 is 22.4 Å². The number of anilines is 1. The van der Waals surface area contributed by atoms with Crippen molar-refractivity contribution in [2.45, 2.75) is 38.5 Å². The highest BCUT2D eigenvalue weighted by molar-refractivity contribution is 7.15. The Labute approximate surface area is 126 Å². The van der Waals surface area contributed by atoms with E-state index in [2.05, 4.69) is 20.5 Å². The summed E-state index contributed by atoms with van der Waals surface area (Å²) >= 11 is 1.59. The molecule has 3 N–H and O–H groups in total. The lowest BCUT2D eigenvalue weighted by Crippen LogP contribution is -2.09. The van der Waals surface area contributed by atoms with E-state index in [1.807, 2.05) is 13.1 Å². The van der Waals surface area contributed by atoms with E-state index in [0.29, 0.717) is 6.42 Å². The number of H-pyrrole nitrogens is 1. The monoisotopic (exact) mass is 306 g/mol. The number of carboxylic acid groups (broad SMARTS) is 1. The Bertz CT molecular complexity index is 649. The Morgan fingerprint density at radius 1 is 1.62 bits per heavy atom. The van der Waals surface area contributed by atoms with Crippen molar-refractivity contribution in [2.75, 3.05) is 11.9 Å². The van der Waals surface area contributed by atoms with Gasteiger partial charge in [-0.1, -0.05) is 0 Å². The zero-order chi connectivity index (χ0) is 14.8. The standard InChI is InChI=1S/C14H18N4O2S/c1-8-9(7-16-18-8)3-2-6-15-14-17-12-10(13(19)20)4-5-11(12)21-14/h7,10H,2-6H2,1H3,(H,15,17)(H,16,18)(H,19,20). The molecule has 1 aliphatic carbocycles. The number of fused-ring (bicyclic) bond motifs is 1. The first-order valence-corrected chi connectivity index (χ1v) is 7.92. The summed E-state index contributed by atoms with van der Waals surface area (Å²) in [6.07, 6.45) is 5.35. The van der Waals surface area contributed by atoms with Gasteiger partial charge in [-0.2, -0.15) is 5.10 Å². The number of hydrogen-bond donors (Lipinski definition) is 3. The molecule has 3 rings (SSSR count). The van der Waals surface area contributed by atoms with Crippen molar-refractivity contribution < 1.29 is 9.90 Å². The summed E-state index contributed by atoms with van der Waals surface area (Å²) in [7, 11) is 0. The number of aliphatic carboxylic acids is 1. The molecule has 1 atom stereocenters. The van der Waals surface area contributed by atoms with Gasteiger partial charge < -0.3 is 10.4 Å². The molecule has 2 aromatic heterocycles. The van der Waals surface area contributed by atoms with Gasteiger partial charge in [0.1, 0.15) is 5.92 Å². The minimum absolute atomic E-state index is 0.416. The Hall–Kier alpha value is -1.89. The Balaban J connectivity index is 1.52. The van der Waals surface area contributed by atoms with Crippen molar-refractivity contribution in [3.05, 3.63) is 28.0 Å². The molecule has 2 heterocycles. The smallest absolute Gasteiger partial charge is 0.312 e. The van der Waals surface area contributed by atoms with Crippen LogP contribution in [-0.2, 0) is 17.6 Å². The number of aryl methyl sites for hydroxylation is 3. The third-order valence-corrected chi connectivity index (χ3v) is 4.94. The molecule has 1 unspecified atom stereocenters. The Kier molecular flexibility index (Phi) is 3.92. The molecule has 0 bridgehead atoms. The van der Waals surface area contributed by atoms with Gasteiger partial charge >= 0.3 is 5.97 Å². The van der Waals surface area contributed by atoms with Crippen LogP contribution in [0.15, 0.2) is 6.20 Å². The summed E-state index contributed by atoms with van der Waals surface area (Å²) in [4.78, 5) is 16.7. The predicted molar refractivity (Wildman–Crippen MR) is 80.9 cm³/mol. The van der Waals surface area contributed by atoms with Gasteiger partial charge in [-0.05, 0) is 38.2 Å². The van der Waals surface area contributed by atoms with Crippen molar-refractivity contribution in [3.8, 4) is 0 Å². The number of aromatic nitrogens is 3. The van der Waals surface area contributed by atoms with E-state index in [1.165, 1.54) is 5.56 Å². The third-order valence-electron chi connectivity index (χ3n) is 3.85. The highest BCUT2D eigenvalue weighted by atomic mass is 32.1. The van der Waals surface area contributed by atoms with Crippen molar-refractivity contribution in [2.24, 2.45) is 0 Å². The van der Waals surface area contributed by atoms with Crippen LogP contribution in [0.1, 0.15) is 40.6 Å². The second kappa shape index (κ2) is 5.85. The van der Waals surface area contributed by atoms with E-state index in [1.54, 1.807) is 11.3 Å². The van der Waals surface area contributed by atoms with Crippen molar-refractivity contribution in [3.63, 3.8) is 0 Å². The number of rotatable bonds is 6. The third kappa shape index (κ3) is 2.92. The summed E-state index contributed by atoms with van der Waals surface area (Å²) in [5.74, 6) is -1.18. The summed E-state index contributed by atoms with van der Waals surface area (Å²) in [5.41, 5.74) is 3.12. The van der Waals surface area contributed by atoms with Crippen LogP contribution >= 0.6 is 11.3 Å². The molecule has 21 heavy (non-hydrogen) atoms. The van der Waals surface area contributed by atoms with Crippen molar-refractivity contribution in [1.29, 1.82) is 0 Å². The van der Waals surface area contributed by atoms with Crippen LogP contribution in [0, 0.1) is 6.92 Å². The normalized spacial score (nSPS) is 16.9.